The normalized spacial score (nSPS) is 13.5. The first-order valence-electron chi connectivity index (χ1n) is 5.82. The van der Waals surface area contributed by atoms with Gasteiger partial charge in [0.2, 0.25) is 6.29 Å². The van der Waals surface area contributed by atoms with E-state index in [-0.39, 0.29) is 5.92 Å². The lowest BCUT2D eigenvalue weighted by molar-refractivity contribution is -0.108. The smallest absolute Gasteiger partial charge is 0.202 e. The molecule has 0 aromatic heterocycles. The molecule has 0 aliphatic rings. The Morgan fingerprint density at radius 1 is 1.07 bits per heavy atom. The molecule has 0 aromatic rings. The van der Waals surface area contributed by atoms with Gasteiger partial charge >= 0.3 is 0 Å². The van der Waals surface area contributed by atoms with Crippen molar-refractivity contribution < 1.29 is 9.59 Å². The van der Waals surface area contributed by atoms with Crippen molar-refractivity contribution in [3.05, 3.63) is 0 Å². The third-order valence-electron chi connectivity index (χ3n) is 2.62. The van der Waals surface area contributed by atoms with E-state index in [9.17, 15) is 9.59 Å². The summed E-state index contributed by atoms with van der Waals surface area (Å²) in [5.74, 6) is 1.24. The van der Waals surface area contributed by atoms with Crippen molar-refractivity contribution in [3.63, 3.8) is 0 Å². The number of carbonyl (C=O) groups is 1. The molecule has 1 unspecified atom stereocenters. The summed E-state index contributed by atoms with van der Waals surface area (Å²) in [6.07, 6.45) is 5.21. The molecule has 0 fully saturated rings. The number of aldehydes is 1. The summed E-state index contributed by atoms with van der Waals surface area (Å²) in [7, 11) is 0. The van der Waals surface area contributed by atoms with Crippen LogP contribution in [-0.2, 0) is 9.59 Å². The fourth-order valence-corrected chi connectivity index (χ4v) is 2.08. The maximum absolute atomic E-state index is 10.8. The minimum atomic E-state index is -0.202. The molecule has 0 saturated heterocycles. The molecule has 87 valence electrons. The van der Waals surface area contributed by atoms with E-state index in [1.165, 1.54) is 0 Å². The van der Waals surface area contributed by atoms with Crippen LogP contribution in [0, 0.1) is 23.7 Å². The van der Waals surface area contributed by atoms with Crippen LogP contribution in [0.25, 0.3) is 0 Å². The molecule has 15 heavy (non-hydrogen) atoms. The Hall–Kier alpha value is -0.660. The van der Waals surface area contributed by atoms with Crippen molar-refractivity contribution in [2.75, 3.05) is 0 Å². The van der Waals surface area contributed by atoms with Crippen molar-refractivity contribution >= 4 is 12.6 Å². The molecule has 0 bridgehead atoms. The van der Waals surface area contributed by atoms with Gasteiger partial charge in [-0.1, -0.05) is 27.7 Å². The standard InChI is InChI=1S/C13H23O2/c1-10(2)7-13(8-11(3)4)12(9-15)5-6-14/h6,10-13H,5,7-8H2,1-4H3. The molecule has 0 aromatic carbocycles. The average Bonchev–Trinajstić information content (AvgIpc) is 2.11. The van der Waals surface area contributed by atoms with Gasteiger partial charge in [-0.2, -0.15) is 0 Å². The molecule has 0 aliphatic carbocycles. The zero-order chi connectivity index (χ0) is 11.8. The predicted molar refractivity (Wildman–Crippen MR) is 62.3 cm³/mol. The van der Waals surface area contributed by atoms with Crippen LogP contribution in [-0.4, -0.2) is 12.6 Å². The molecule has 0 rings (SSSR count). The highest BCUT2D eigenvalue weighted by atomic mass is 16.1. The summed E-state index contributed by atoms with van der Waals surface area (Å²) in [6.45, 7) is 8.60. The van der Waals surface area contributed by atoms with Crippen LogP contribution in [0.4, 0.5) is 0 Å². The fourth-order valence-electron chi connectivity index (χ4n) is 2.08. The third kappa shape index (κ3) is 6.43. The van der Waals surface area contributed by atoms with E-state index in [1.54, 1.807) is 0 Å². The lowest BCUT2D eigenvalue weighted by atomic mass is 9.79. The van der Waals surface area contributed by atoms with Gasteiger partial charge in [0.25, 0.3) is 0 Å². The van der Waals surface area contributed by atoms with Crippen LogP contribution in [0.3, 0.4) is 0 Å². The Morgan fingerprint density at radius 3 is 1.80 bits per heavy atom. The van der Waals surface area contributed by atoms with Crippen molar-refractivity contribution in [1.82, 2.24) is 0 Å². The highest BCUT2D eigenvalue weighted by Crippen LogP contribution is 2.27. The molecule has 1 atom stereocenters. The van der Waals surface area contributed by atoms with Crippen molar-refractivity contribution in [1.29, 1.82) is 0 Å². The molecular weight excluding hydrogens is 188 g/mol. The van der Waals surface area contributed by atoms with Crippen LogP contribution in [0.2, 0.25) is 0 Å². The molecule has 0 heterocycles. The van der Waals surface area contributed by atoms with Gasteiger partial charge < -0.3 is 4.79 Å². The molecular formula is C13H23O2. The Morgan fingerprint density at radius 2 is 1.53 bits per heavy atom. The molecule has 0 amide bonds. The molecule has 0 N–H and O–H groups in total. The molecule has 2 nitrogen and oxygen atoms in total. The van der Waals surface area contributed by atoms with E-state index in [1.807, 2.05) is 6.29 Å². The first kappa shape index (κ1) is 14.3. The lowest BCUT2D eigenvalue weighted by Crippen LogP contribution is -2.20. The van der Waals surface area contributed by atoms with Crippen molar-refractivity contribution in [3.8, 4) is 0 Å². The van der Waals surface area contributed by atoms with Crippen molar-refractivity contribution in [2.24, 2.45) is 23.7 Å². The van der Waals surface area contributed by atoms with Crippen LogP contribution in [0.15, 0.2) is 0 Å². The minimum absolute atomic E-state index is 0.202. The Labute approximate surface area is 93.4 Å². The Balaban J connectivity index is 4.41. The van der Waals surface area contributed by atoms with Crippen molar-refractivity contribution in [2.45, 2.75) is 47.0 Å². The number of hydrogen-bond acceptors (Lipinski definition) is 2. The van der Waals surface area contributed by atoms with Gasteiger partial charge in [0, 0.05) is 12.3 Å². The van der Waals surface area contributed by atoms with E-state index in [0.717, 1.165) is 19.1 Å². The summed E-state index contributed by atoms with van der Waals surface area (Å²) in [5.41, 5.74) is 0. The summed E-state index contributed by atoms with van der Waals surface area (Å²) < 4.78 is 0. The summed E-state index contributed by atoms with van der Waals surface area (Å²) in [5, 5.41) is 0. The van der Waals surface area contributed by atoms with Crippen LogP contribution in [0.1, 0.15) is 47.0 Å². The second kappa shape index (κ2) is 7.61. The lowest BCUT2D eigenvalue weighted by Gasteiger charge is -2.24. The van der Waals surface area contributed by atoms with Crippen LogP contribution < -0.4 is 0 Å². The van der Waals surface area contributed by atoms with Crippen LogP contribution in [0.5, 0.6) is 0 Å². The molecule has 1 radical (unpaired) electrons. The molecule has 2 heteroatoms. The van der Waals surface area contributed by atoms with E-state index >= 15 is 0 Å². The summed E-state index contributed by atoms with van der Waals surface area (Å²) in [6, 6.07) is 0. The van der Waals surface area contributed by atoms with Gasteiger partial charge in [0.05, 0.1) is 0 Å². The fraction of sp³-hybridized carbons (Fsp3) is 0.846. The predicted octanol–water partition coefficient (Wildman–Crippen LogP) is 3.01. The monoisotopic (exact) mass is 211 g/mol. The molecule has 0 spiro atoms. The quantitative estimate of drug-likeness (QED) is 0.578. The topological polar surface area (TPSA) is 34.1 Å². The number of carbonyl (C=O) groups excluding carboxylic acids is 2. The zero-order valence-electron chi connectivity index (χ0n) is 10.3. The maximum atomic E-state index is 10.8. The second-order valence-electron chi connectivity index (χ2n) is 5.15. The number of rotatable bonds is 8. The van der Waals surface area contributed by atoms with Gasteiger partial charge in [0.1, 0.15) is 6.29 Å². The SMILES string of the molecule is CC(C)CC(CC(C)C)C([C]=O)CC=O. The van der Waals surface area contributed by atoms with Gasteiger partial charge in [-0.15, -0.1) is 0 Å². The van der Waals surface area contributed by atoms with Crippen LogP contribution >= 0.6 is 0 Å². The zero-order valence-corrected chi connectivity index (χ0v) is 10.3. The van der Waals surface area contributed by atoms with Gasteiger partial charge in [-0.05, 0) is 30.6 Å². The van der Waals surface area contributed by atoms with E-state index in [4.69, 9.17) is 0 Å². The van der Waals surface area contributed by atoms with E-state index in [2.05, 4.69) is 27.7 Å². The summed E-state index contributed by atoms with van der Waals surface area (Å²) in [4.78, 5) is 21.3. The highest BCUT2D eigenvalue weighted by Gasteiger charge is 2.23. The molecule has 0 saturated carbocycles. The molecule has 0 aliphatic heterocycles. The largest absolute Gasteiger partial charge is 0.303 e. The Bertz CT molecular complexity index is 175. The first-order valence-corrected chi connectivity index (χ1v) is 5.82. The Kier molecular flexibility index (Phi) is 7.27. The number of hydrogen-bond donors (Lipinski definition) is 0. The minimum Gasteiger partial charge on any atom is -0.303 e. The highest BCUT2D eigenvalue weighted by molar-refractivity contribution is 5.62. The van der Waals surface area contributed by atoms with Gasteiger partial charge in [-0.3, -0.25) is 4.79 Å². The van der Waals surface area contributed by atoms with E-state index in [0.29, 0.717) is 24.2 Å². The summed E-state index contributed by atoms with van der Waals surface area (Å²) >= 11 is 0. The maximum Gasteiger partial charge on any atom is 0.202 e. The average molecular weight is 211 g/mol. The van der Waals surface area contributed by atoms with Gasteiger partial charge in [0.15, 0.2) is 0 Å². The van der Waals surface area contributed by atoms with Gasteiger partial charge in [-0.25, -0.2) is 0 Å². The first-order chi connectivity index (χ1) is 7.01. The second-order valence-corrected chi connectivity index (χ2v) is 5.15. The van der Waals surface area contributed by atoms with E-state index < -0.39 is 0 Å². The third-order valence-corrected chi connectivity index (χ3v) is 2.62.